The van der Waals surface area contributed by atoms with Gasteiger partial charge in [-0.05, 0) is 50.6 Å². The number of benzene rings is 1. The predicted molar refractivity (Wildman–Crippen MR) is 76.6 cm³/mol. The molecule has 1 aliphatic heterocycles. The maximum atomic E-state index is 11.2. The minimum atomic E-state index is -0.448. The zero-order valence-electron chi connectivity index (χ0n) is 11.2. The summed E-state index contributed by atoms with van der Waals surface area (Å²) in [4.78, 5) is 11.2. The van der Waals surface area contributed by atoms with Crippen molar-refractivity contribution in [3.63, 3.8) is 0 Å². The summed E-state index contributed by atoms with van der Waals surface area (Å²) in [7, 11) is 1.36. The molecule has 1 aromatic carbocycles. The molecule has 104 valence electrons. The van der Waals surface area contributed by atoms with E-state index in [0.29, 0.717) is 6.04 Å². The monoisotopic (exact) mass is 263 g/mol. The number of carbonyl (C=O) groups is 1. The molecule has 5 heteroatoms. The van der Waals surface area contributed by atoms with E-state index in [-0.39, 0.29) is 0 Å². The zero-order valence-corrected chi connectivity index (χ0v) is 11.2. The summed E-state index contributed by atoms with van der Waals surface area (Å²) in [5.41, 5.74) is 1.77. The fourth-order valence-corrected chi connectivity index (χ4v) is 2.25. The van der Waals surface area contributed by atoms with Crippen molar-refractivity contribution < 1.29 is 9.53 Å². The van der Waals surface area contributed by atoms with E-state index in [2.05, 4.69) is 20.7 Å². The molecule has 0 aromatic heterocycles. The van der Waals surface area contributed by atoms with E-state index in [1.165, 1.54) is 20.0 Å². The number of hydrogen-bond acceptors (Lipinski definition) is 4. The number of methoxy groups -OCH3 is 1. The van der Waals surface area contributed by atoms with Gasteiger partial charge in [-0.3, -0.25) is 5.32 Å². The first-order chi connectivity index (χ1) is 9.28. The summed E-state index contributed by atoms with van der Waals surface area (Å²) in [5.74, 6) is 0. The molecule has 1 heterocycles. The highest BCUT2D eigenvalue weighted by Gasteiger charge is 2.11. The molecular formula is C14H21N3O2. The van der Waals surface area contributed by atoms with Crippen LogP contribution in [-0.4, -0.2) is 32.3 Å². The van der Waals surface area contributed by atoms with Crippen LogP contribution in [0, 0.1) is 0 Å². The minimum absolute atomic E-state index is 0.448. The average molecular weight is 263 g/mol. The molecule has 2 rings (SSSR count). The van der Waals surface area contributed by atoms with Gasteiger partial charge in [0.1, 0.15) is 0 Å². The van der Waals surface area contributed by atoms with Crippen molar-refractivity contribution in [2.24, 2.45) is 0 Å². The van der Waals surface area contributed by atoms with E-state index >= 15 is 0 Å². The van der Waals surface area contributed by atoms with Crippen LogP contribution in [0.25, 0.3) is 0 Å². The first kappa shape index (κ1) is 13.7. The summed E-state index contributed by atoms with van der Waals surface area (Å²) in [6.07, 6.45) is 3.03. The second kappa shape index (κ2) is 6.99. The lowest BCUT2D eigenvalue weighted by molar-refractivity contribution is 0.187. The van der Waals surface area contributed by atoms with Gasteiger partial charge in [-0.25, -0.2) is 4.79 Å². The third-order valence-electron chi connectivity index (χ3n) is 3.24. The Hall–Kier alpha value is -1.75. The number of carbonyl (C=O) groups excluding carboxylic acids is 1. The third kappa shape index (κ3) is 4.44. The van der Waals surface area contributed by atoms with Crippen molar-refractivity contribution >= 4 is 17.5 Å². The number of nitrogens with one attached hydrogen (secondary N) is 3. The molecule has 0 bridgehead atoms. The Labute approximate surface area is 113 Å². The lowest BCUT2D eigenvalue weighted by Crippen LogP contribution is -2.21. The first-order valence-corrected chi connectivity index (χ1v) is 6.70. The van der Waals surface area contributed by atoms with E-state index in [1.54, 1.807) is 0 Å². The Bertz CT molecular complexity index is 415. The maximum absolute atomic E-state index is 11.2. The molecule has 0 radical (unpaired) electrons. The Morgan fingerprint density at radius 2 is 2.16 bits per heavy atom. The van der Waals surface area contributed by atoms with Gasteiger partial charge >= 0.3 is 6.09 Å². The highest BCUT2D eigenvalue weighted by atomic mass is 16.5. The van der Waals surface area contributed by atoms with Crippen LogP contribution in [0.15, 0.2) is 24.3 Å². The zero-order chi connectivity index (χ0) is 13.5. The second-order valence-corrected chi connectivity index (χ2v) is 4.72. The van der Waals surface area contributed by atoms with Gasteiger partial charge in [0.2, 0.25) is 0 Å². The van der Waals surface area contributed by atoms with Crippen LogP contribution < -0.4 is 16.0 Å². The van der Waals surface area contributed by atoms with E-state index in [9.17, 15) is 4.79 Å². The van der Waals surface area contributed by atoms with Crippen LogP contribution >= 0.6 is 0 Å². The van der Waals surface area contributed by atoms with Gasteiger partial charge in [0, 0.05) is 17.4 Å². The van der Waals surface area contributed by atoms with Gasteiger partial charge < -0.3 is 15.4 Å². The van der Waals surface area contributed by atoms with Crippen LogP contribution in [0.4, 0.5) is 16.2 Å². The second-order valence-electron chi connectivity index (χ2n) is 4.72. The van der Waals surface area contributed by atoms with Gasteiger partial charge in [0.25, 0.3) is 0 Å². The average Bonchev–Trinajstić information content (AvgIpc) is 2.67. The summed E-state index contributed by atoms with van der Waals surface area (Å²) >= 11 is 0. The first-order valence-electron chi connectivity index (χ1n) is 6.70. The summed E-state index contributed by atoms with van der Waals surface area (Å²) in [6, 6.07) is 8.19. The quantitative estimate of drug-likeness (QED) is 0.783. The Morgan fingerprint density at radius 1 is 1.32 bits per heavy atom. The molecule has 0 aliphatic carbocycles. The van der Waals surface area contributed by atoms with Crippen LogP contribution in [0.3, 0.4) is 0 Å². The molecule has 3 N–H and O–H groups in total. The highest BCUT2D eigenvalue weighted by Crippen LogP contribution is 2.18. The van der Waals surface area contributed by atoms with E-state index in [0.717, 1.165) is 30.9 Å². The summed E-state index contributed by atoms with van der Waals surface area (Å²) in [6.45, 7) is 2.15. The van der Waals surface area contributed by atoms with Crippen molar-refractivity contribution in [3.05, 3.63) is 24.3 Å². The molecule has 1 aliphatic rings. The van der Waals surface area contributed by atoms with Crippen molar-refractivity contribution in [1.29, 1.82) is 0 Å². The van der Waals surface area contributed by atoms with Crippen molar-refractivity contribution in [2.75, 3.05) is 30.8 Å². The van der Waals surface area contributed by atoms with Crippen molar-refractivity contribution in [1.82, 2.24) is 5.32 Å². The molecule has 5 nitrogen and oxygen atoms in total. The standard InChI is InChI=1S/C14H21N3O2/c1-19-14(18)17-13-5-2-4-12(10-13)16-11-6-3-8-15-9-7-11/h2,4-5,10-11,15-16H,3,6-9H2,1H3,(H,17,18). The molecule has 0 saturated carbocycles. The third-order valence-corrected chi connectivity index (χ3v) is 3.24. The molecular weight excluding hydrogens is 242 g/mol. The van der Waals surface area contributed by atoms with E-state index < -0.39 is 6.09 Å². The Kier molecular flexibility index (Phi) is 5.03. The maximum Gasteiger partial charge on any atom is 0.411 e. The topological polar surface area (TPSA) is 62.4 Å². The summed E-state index contributed by atoms with van der Waals surface area (Å²) < 4.78 is 4.58. The lowest BCUT2D eigenvalue weighted by Gasteiger charge is -2.18. The number of amides is 1. The SMILES string of the molecule is COC(=O)Nc1cccc(NC2CCCNCC2)c1. The molecule has 0 spiro atoms. The predicted octanol–water partition coefficient (Wildman–Crippen LogP) is 2.42. The van der Waals surface area contributed by atoms with Gasteiger partial charge in [0.05, 0.1) is 7.11 Å². The molecule has 1 aromatic rings. The van der Waals surface area contributed by atoms with Crippen LogP contribution in [0.1, 0.15) is 19.3 Å². The number of rotatable bonds is 3. The highest BCUT2D eigenvalue weighted by molar-refractivity contribution is 5.85. The molecule has 1 atom stereocenters. The Balaban J connectivity index is 1.95. The van der Waals surface area contributed by atoms with Gasteiger partial charge in [-0.2, -0.15) is 0 Å². The number of anilines is 2. The normalized spacial score (nSPS) is 19.3. The fraction of sp³-hybridized carbons (Fsp3) is 0.500. The Morgan fingerprint density at radius 3 is 3.00 bits per heavy atom. The van der Waals surface area contributed by atoms with Crippen LogP contribution in [-0.2, 0) is 4.74 Å². The molecule has 1 amide bonds. The molecule has 1 fully saturated rings. The minimum Gasteiger partial charge on any atom is -0.453 e. The van der Waals surface area contributed by atoms with Gasteiger partial charge in [-0.1, -0.05) is 6.07 Å². The van der Waals surface area contributed by atoms with Gasteiger partial charge in [-0.15, -0.1) is 0 Å². The molecule has 1 saturated heterocycles. The summed E-state index contributed by atoms with van der Waals surface area (Å²) in [5, 5.41) is 9.58. The van der Waals surface area contributed by atoms with E-state index in [1.807, 2.05) is 24.3 Å². The molecule has 19 heavy (non-hydrogen) atoms. The largest absolute Gasteiger partial charge is 0.453 e. The van der Waals surface area contributed by atoms with Crippen LogP contribution in [0.2, 0.25) is 0 Å². The molecule has 1 unspecified atom stereocenters. The van der Waals surface area contributed by atoms with Crippen molar-refractivity contribution in [2.45, 2.75) is 25.3 Å². The van der Waals surface area contributed by atoms with Crippen LogP contribution in [0.5, 0.6) is 0 Å². The van der Waals surface area contributed by atoms with Gasteiger partial charge in [0.15, 0.2) is 0 Å². The lowest BCUT2D eigenvalue weighted by atomic mass is 10.1. The van der Waals surface area contributed by atoms with E-state index in [4.69, 9.17) is 0 Å². The number of hydrogen-bond donors (Lipinski definition) is 3. The smallest absolute Gasteiger partial charge is 0.411 e. The fourth-order valence-electron chi connectivity index (χ4n) is 2.25. The van der Waals surface area contributed by atoms with Crippen molar-refractivity contribution in [3.8, 4) is 0 Å². The number of ether oxygens (including phenoxy) is 1.